The second-order valence-corrected chi connectivity index (χ2v) is 12.9. The zero-order valence-electron chi connectivity index (χ0n) is 14.5. The molecular weight excluding hydrogens is 310 g/mol. The van der Waals surface area contributed by atoms with Gasteiger partial charge in [-0.3, -0.25) is 10.1 Å². The van der Waals surface area contributed by atoms with E-state index in [2.05, 4.69) is 38.4 Å². The van der Waals surface area contributed by atoms with Crippen molar-refractivity contribution in [1.82, 2.24) is 4.57 Å². The lowest BCUT2D eigenvalue weighted by molar-refractivity contribution is -0.580. The zero-order valence-corrected chi connectivity index (χ0v) is 15.5. The Labute approximate surface area is 137 Å². The molecule has 126 valence electrons. The summed E-state index contributed by atoms with van der Waals surface area (Å²) >= 11 is 0. The number of hydrogen-bond acceptors (Lipinski definition) is 4. The first-order valence-electron chi connectivity index (χ1n) is 7.89. The smallest absolute Gasteiger partial charge is 0.342 e. The summed E-state index contributed by atoms with van der Waals surface area (Å²) in [5.74, 6) is 0. The number of fused-ring (bicyclic) bond motifs is 3. The van der Waals surface area contributed by atoms with Crippen LogP contribution in [0.1, 0.15) is 27.2 Å². The number of rotatable bonds is 2. The summed E-state index contributed by atoms with van der Waals surface area (Å²) in [5.41, 5.74) is -0.0417. The molecule has 1 aromatic carbocycles. The minimum absolute atomic E-state index is 0.0926. The second-order valence-electron chi connectivity index (χ2n) is 7.61. The summed E-state index contributed by atoms with van der Waals surface area (Å²) in [4.78, 5) is 9.82. The van der Waals surface area contributed by atoms with Gasteiger partial charge in [-0.1, -0.05) is 33.9 Å². The van der Waals surface area contributed by atoms with E-state index in [1.54, 1.807) is 6.07 Å². The highest BCUT2D eigenvalue weighted by Crippen LogP contribution is 2.39. The quantitative estimate of drug-likeness (QED) is 0.277. The van der Waals surface area contributed by atoms with E-state index in [9.17, 15) is 15.3 Å². The molecule has 0 spiro atoms. The maximum atomic E-state index is 11.0. The molecule has 0 radical (unpaired) electrons. The predicted molar refractivity (Wildman–Crippen MR) is 94.1 cm³/mol. The molecule has 3 aromatic rings. The van der Waals surface area contributed by atoms with Gasteiger partial charge >= 0.3 is 5.69 Å². The van der Waals surface area contributed by atoms with E-state index < -0.39 is 13.2 Å². The molecule has 0 aliphatic carbocycles. The van der Waals surface area contributed by atoms with Crippen molar-refractivity contribution in [3.05, 3.63) is 39.7 Å². The van der Waals surface area contributed by atoms with Crippen LogP contribution >= 0.6 is 0 Å². The maximum absolute atomic E-state index is 11.0. The summed E-state index contributed by atoms with van der Waals surface area (Å²) in [6.45, 7) is 14.9. The Morgan fingerprint density at radius 1 is 1.26 bits per heavy atom. The van der Waals surface area contributed by atoms with Gasteiger partial charge in [0.15, 0.2) is 6.20 Å². The van der Waals surface area contributed by atoms with Crippen LogP contribution in [-0.2, 0) is 0 Å². The molecule has 2 aromatic heterocycles. The Hall–Kier alpha value is -1.73. The fourth-order valence-electron chi connectivity index (χ4n) is 2.51. The number of benzene rings is 1. The van der Waals surface area contributed by atoms with Crippen molar-refractivity contribution in [3.8, 4) is 0 Å². The monoisotopic (exact) mass is 335 g/mol. The van der Waals surface area contributed by atoms with Gasteiger partial charge in [0.2, 0.25) is 0 Å². The zero-order chi connectivity index (χ0) is 17.4. The minimum atomic E-state index is -1.09. The molecule has 0 N–H and O–H groups in total. The largest absolute Gasteiger partial charge is 0.618 e. The van der Waals surface area contributed by atoms with Crippen LogP contribution in [-0.4, -0.2) is 30.8 Å². The minimum Gasteiger partial charge on any atom is -0.618 e. The van der Waals surface area contributed by atoms with Crippen molar-refractivity contribution >= 4 is 24.8 Å². The van der Waals surface area contributed by atoms with Crippen LogP contribution in [0.5, 0.6) is 0 Å². The first-order valence-corrected chi connectivity index (χ1v) is 10.8. The fourth-order valence-corrected chi connectivity index (χ4v) is 4.89. The molecule has 3 heterocycles. The van der Waals surface area contributed by atoms with Crippen LogP contribution in [0.25, 0.3) is 10.9 Å². The molecule has 0 saturated carbocycles. The highest BCUT2D eigenvalue weighted by molar-refractivity contribution is 6.77. The Morgan fingerprint density at radius 2 is 1.87 bits per heavy atom. The third kappa shape index (κ3) is 3.45. The predicted octanol–water partition coefficient (Wildman–Crippen LogP) is 3.52. The summed E-state index contributed by atoms with van der Waals surface area (Å²) in [6, 6.07) is 4.49. The van der Waals surface area contributed by atoms with Crippen molar-refractivity contribution in [3.63, 3.8) is 0 Å². The molecule has 7 heteroatoms. The Kier molecular flexibility index (Phi) is 4.63. The third-order valence-electron chi connectivity index (χ3n) is 5.18. The average molecular weight is 335 g/mol. The van der Waals surface area contributed by atoms with E-state index in [-0.39, 0.29) is 11.2 Å². The number of aromatic nitrogens is 1. The van der Waals surface area contributed by atoms with E-state index >= 15 is 0 Å². The summed E-state index contributed by atoms with van der Waals surface area (Å²) in [5, 5.41) is 22.5. The number of nitrogens with zero attached hydrogens (tertiary/aromatic N) is 3. The number of nitro groups is 1. The lowest BCUT2D eigenvalue weighted by atomic mass is 10.2. The van der Waals surface area contributed by atoms with Gasteiger partial charge < -0.3 is 9.77 Å². The van der Waals surface area contributed by atoms with Crippen LogP contribution < -0.4 is 4.73 Å². The van der Waals surface area contributed by atoms with Gasteiger partial charge in [0, 0.05) is 17.5 Å². The summed E-state index contributed by atoms with van der Waals surface area (Å²) in [7, 11) is -1.09. The van der Waals surface area contributed by atoms with E-state index in [4.69, 9.17) is 0 Å². The van der Waals surface area contributed by atoms with Crippen molar-refractivity contribution in [2.75, 3.05) is 13.1 Å². The van der Waals surface area contributed by atoms with Crippen molar-refractivity contribution in [2.24, 2.45) is 0 Å². The first kappa shape index (κ1) is 17.6. The van der Waals surface area contributed by atoms with E-state index in [1.807, 2.05) is 0 Å². The number of hydrogen-bond donors (Lipinski definition) is 0. The third-order valence-corrected chi connectivity index (χ3v) is 10.9. The lowest BCUT2D eigenvalue weighted by Crippen LogP contribution is -2.60. The molecule has 6 nitrogen and oxygen atoms in total. The molecule has 2 bridgehead atoms. The highest BCUT2D eigenvalue weighted by Gasteiger charge is 2.42. The molecule has 0 atom stereocenters. The van der Waals surface area contributed by atoms with Gasteiger partial charge in [0.25, 0.3) is 5.52 Å². The molecule has 1 fully saturated rings. The Morgan fingerprint density at radius 3 is 2.13 bits per heavy atom. The number of pyridine rings is 2. The topological polar surface area (TPSA) is 73.3 Å². The molecular formula is C16H25N3O3Si. The Bertz CT molecular complexity index is 693. The van der Waals surface area contributed by atoms with Crippen LogP contribution in [0, 0.1) is 15.3 Å². The molecule has 23 heavy (non-hydrogen) atoms. The van der Waals surface area contributed by atoms with Gasteiger partial charge in [0.1, 0.15) is 8.24 Å². The lowest BCUT2D eigenvalue weighted by Gasteiger charge is -2.50. The van der Waals surface area contributed by atoms with Crippen LogP contribution in [0.15, 0.2) is 24.4 Å². The van der Waals surface area contributed by atoms with Crippen LogP contribution in [0.2, 0.25) is 18.1 Å². The highest BCUT2D eigenvalue weighted by atomic mass is 28.3. The van der Waals surface area contributed by atoms with Gasteiger partial charge in [-0.2, -0.15) is 4.73 Å². The summed E-state index contributed by atoms with van der Waals surface area (Å²) in [6.07, 6.45) is 2.73. The van der Waals surface area contributed by atoms with Gasteiger partial charge in [0.05, 0.1) is 4.92 Å². The molecule has 0 amide bonds. The normalized spacial score (nSPS) is 15.9. The molecule has 0 unspecified atom stereocenters. The molecule has 1 saturated heterocycles. The van der Waals surface area contributed by atoms with Crippen molar-refractivity contribution in [1.29, 1.82) is 0 Å². The molecule has 4 rings (SSSR count). The van der Waals surface area contributed by atoms with E-state index in [0.717, 1.165) is 0 Å². The summed E-state index contributed by atoms with van der Waals surface area (Å²) < 4.78 is 3.22. The van der Waals surface area contributed by atoms with E-state index in [1.165, 1.54) is 37.8 Å². The van der Waals surface area contributed by atoms with E-state index in [0.29, 0.717) is 15.2 Å². The van der Waals surface area contributed by atoms with Crippen LogP contribution in [0.4, 0.5) is 5.69 Å². The molecule has 1 aliphatic rings. The number of nitro benzene ring substituents is 1. The van der Waals surface area contributed by atoms with Gasteiger partial charge in [-0.25, -0.2) is 0 Å². The standard InChI is InChI=1S/C9H21NSi.C7H4N2O3/c1-9(2,3)11(4,5)10-7-6-8-10;10-8-4-5-1-2-6(8)7(3-5)9(11)12/h6-8H2,1-5H3;1-4H. The van der Waals surface area contributed by atoms with Crippen molar-refractivity contribution in [2.45, 2.75) is 45.3 Å². The maximum Gasteiger partial charge on any atom is 0.342 e. The number of non-ortho nitro benzene ring substituents is 1. The van der Waals surface area contributed by atoms with Crippen LogP contribution in [0.3, 0.4) is 0 Å². The average Bonchev–Trinajstić information content (AvgIpc) is 2.35. The molecule has 1 aliphatic heterocycles. The SMILES string of the molecule is CC(C)(C)[Si](C)(C)N1CCC1.O=[N+]([O-])c1cc2ccc1[n+]([O-])c2. The Balaban J connectivity index is 0.000000168. The fraction of sp³-hybridized carbons (Fsp3) is 0.562. The van der Waals surface area contributed by atoms with Crippen molar-refractivity contribution < 1.29 is 9.65 Å². The van der Waals surface area contributed by atoms with Gasteiger partial charge in [-0.15, -0.1) is 0 Å². The van der Waals surface area contributed by atoms with Gasteiger partial charge in [-0.05, 0) is 30.6 Å². The second kappa shape index (κ2) is 6.05. The first-order chi connectivity index (χ1) is 10.5.